The van der Waals surface area contributed by atoms with E-state index in [1.165, 1.54) is 4.68 Å². The fourth-order valence-electron chi connectivity index (χ4n) is 2.84. The Morgan fingerprint density at radius 2 is 1.82 bits per heavy atom. The van der Waals surface area contributed by atoms with Crippen molar-refractivity contribution in [1.82, 2.24) is 15.2 Å². The van der Waals surface area contributed by atoms with E-state index in [0.29, 0.717) is 17.3 Å². The topological polar surface area (TPSA) is 79.6 Å². The smallest absolute Gasteiger partial charge is 0.292 e. The number of rotatable bonds is 6. The minimum atomic E-state index is -0.456. The first-order chi connectivity index (χ1) is 13.5. The Bertz CT molecular complexity index is 1070. The first-order valence-electron chi connectivity index (χ1n) is 9.12. The molecule has 0 radical (unpaired) electrons. The van der Waals surface area contributed by atoms with Crippen LogP contribution in [0.3, 0.4) is 0 Å². The van der Waals surface area contributed by atoms with Gasteiger partial charge in [-0.15, -0.1) is 0 Å². The van der Waals surface area contributed by atoms with Crippen molar-refractivity contribution in [3.8, 4) is 0 Å². The van der Waals surface area contributed by atoms with Crippen molar-refractivity contribution in [3.05, 3.63) is 70.1 Å². The number of nitrogens with one attached hydrogen (secondary N) is 1. The van der Waals surface area contributed by atoms with Gasteiger partial charge in [-0.1, -0.05) is 37.3 Å². The third kappa shape index (κ3) is 4.09. The van der Waals surface area contributed by atoms with Crippen LogP contribution in [0.1, 0.15) is 29.4 Å². The first-order valence-corrected chi connectivity index (χ1v) is 9.12. The van der Waals surface area contributed by atoms with Crippen molar-refractivity contribution in [3.63, 3.8) is 0 Å². The number of hydrogen-bond donors (Lipinski definition) is 1. The molecule has 0 bridgehead atoms. The van der Waals surface area contributed by atoms with Crippen LogP contribution < -0.4 is 15.9 Å². The van der Waals surface area contributed by atoms with E-state index in [1.54, 1.807) is 30.5 Å². The molecule has 1 amide bonds. The standard InChI is InChI=1S/C21H23N5O2/c1-4-13-26-21(28)18-8-6-5-7-17(18)19(24-26)20(27)23-22-14-15-9-11-16(12-10-15)25(2)3/h5-12,14H,4,13H2,1-3H3,(H,23,27)/b22-14-. The molecule has 0 aliphatic carbocycles. The molecule has 7 nitrogen and oxygen atoms in total. The normalized spacial score (nSPS) is 11.1. The Balaban J connectivity index is 1.85. The molecule has 0 saturated carbocycles. The molecule has 0 saturated heterocycles. The summed E-state index contributed by atoms with van der Waals surface area (Å²) in [4.78, 5) is 27.2. The largest absolute Gasteiger partial charge is 0.378 e. The Morgan fingerprint density at radius 3 is 2.46 bits per heavy atom. The van der Waals surface area contributed by atoms with Gasteiger partial charge in [0.05, 0.1) is 11.6 Å². The van der Waals surface area contributed by atoms with Gasteiger partial charge in [0.2, 0.25) is 0 Å². The van der Waals surface area contributed by atoms with E-state index in [0.717, 1.165) is 17.7 Å². The number of amides is 1. The maximum absolute atomic E-state index is 12.7. The number of hydrogen-bond acceptors (Lipinski definition) is 5. The molecule has 0 atom stereocenters. The highest BCUT2D eigenvalue weighted by molar-refractivity contribution is 6.04. The van der Waals surface area contributed by atoms with Gasteiger partial charge in [-0.25, -0.2) is 10.1 Å². The number of aromatic nitrogens is 2. The number of carbonyl (C=O) groups excluding carboxylic acids is 1. The summed E-state index contributed by atoms with van der Waals surface area (Å²) in [6.07, 6.45) is 2.31. The number of nitrogens with zero attached hydrogens (tertiary/aromatic N) is 4. The predicted octanol–water partition coefficient (Wildman–Crippen LogP) is 2.64. The molecule has 0 aliphatic rings. The minimum Gasteiger partial charge on any atom is -0.378 e. The molecular weight excluding hydrogens is 354 g/mol. The second kappa shape index (κ2) is 8.47. The second-order valence-electron chi connectivity index (χ2n) is 6.61. The van der Waals surface area contributed by atoms with Crippen LogP contribution in [0, 0.1) is 0 Å². The number of carbonyl (C=O) groups is 1. The number of aryl methyl sites for hydroxylation is 1. The summed E-state index contributed by atoms with van der Waals surface area (Å²) in [7, 11) is 3.94. The molecule has 2 aromatic carbocycles. The average molecular weight is 377 g/mol. The summed E-state index contributed by atoms with van der Waals surface area (Å²) in [5.74, 6) is -0.456. The Kier molecular flexibility index (Phi) is 5.84. The van der Waals surface area contributed by atoms with E-state index in [1.807, 2.05) is 50.2 Å². The molecule has 0 aliphatic heterocycles. The lowest BCUT2D eigenvalue weighted by Crippen LogP contribution is -2.29. The van der Waals surface area contributed by atoms with Gasteiger partial charge in [0, 0.05) is 31.7 Å². The van der Waals surface area contributed by atoms with Crippen LogP contribution in [-0.4, -0.2) is 36.0 Å². The van der Waals surface area contributed by atoms with Crippen LogP contribution in [0.5, 0.6) is 0 Å². The molecule has 0 spiro atoms. The zero-order valence-corrected chi connectivity index (χ0v) is 16.2. The van der Waals surface area contributed by atoms with Crippen molar-refractivity contribution >= 4 is 28.6 Å². The average Bonchev–Trinajstić information content (AvgIpc) is 2.70. The second-order valence-corrected chi connectivity index (χ2v) is 6.61. The zero-order valence-electron chi connectivity index (χ0n) is 16.2. The van der Waals surface area contributed by atoms with E-state index in [4.69, 9.17) is 0 Å². The summed E-state index contributed by atoms with van der Waals surface area (Å²) in [5.41, 5.74) is 4.44. The van der Waals surface area contributed by atoms with Crippen molar-refractivity contribution in [2.45, 2.75) is 19.9 Å². The van der Waals surface area contributed by atoms with E-state index in [2.05, 4.69) is 15.6 Å². The Hall–Kier alpha value is -3.48. The van der Waals surface area contributed by atoms with Crippen LogP contribution >= 0.6 is 0 Å². The molecule has 28 heavy (non-hydrogen) atoms. The maximum atomic E-state index is 12.7. The molecule has 0 fully saturated rings. The van der Waals surface area contributed by atoms with Gasteiger partial charge >= 0.3 is 0 Å². The van der Waals surface area contributed by atoms with Crippen LogP contribution in [0.15, 0.2) is 58.4 Å². The van der Waals surface area contributed by atoms with Crippen molar-refractivity contribution in [1.29, 1.82) is 0 Å². The number of fused-ring (bicyclic) bond motifs is 1. The number of benzene rings is 2. The molecule has 1 heterocycles. The maximum Gasteiger partial charge on any atom is 0.292 e. The lowest BCUT2D eigenvalue weighted by Gasteiger charge is -2.11. The van der Waals surface area contributed by atoms with Gasteiger partial charge in [0.15, 0.2) is 5.69 Å². The van der Waals surface area contributed by atoms with Crippen molar-refractivity contribution in [2.75, 3.05) is 19.0 Å². The van der Waals surface area contributed by atoms with Crippen LogP contribution in [0.4, 0.5) is 5.69 Å². The molecule has 3 aromatic rings. The van der Waals surface area contributed by atoms with Crippen LogP contribution in [0.2, 0.25) is 0 Å². The SMILES string of the molecule is CCCn1nc(C(=O)N/N=C\c2ccc(N(C)C)cc2)c2ccccc2c1=O. The minimum absolute atomic E-state index is 0.184. The van der Waals surface area contributed by atoms with Crippen molar-refractivity contribution < 1.29 is 4.79 Å². The zero-order chi connectivity index (χ0) is 20.1. The summed E-state index contributed by atoms with van der Waals surface area (Å²) in [6, 6.07) is 14.8. The highest BCUT2D eigenvalue weighted by atomic mass is 16.2. The number of anilines is 1. The van der Waals surface area contributed by atoms with Gasteiger partial charge in [0.1, 0.15) is 0 Å². The van der Waals surface area contributed by atoms with Gasteiger partial charge in [-0.3, -0.25) is 9.59 Å². The Labute approximate surface area is 163 Å². The fourth-order valence-corrected chi connectivity index (χ4v) is 2.84. The summed E-state index contributed by atoms with van der Waals surface area (Å²) in [6.45, 7) is 2.40. The van der Waals surface area contributed by atoms with Gasteiger partial charge < -0.3 is 4.90 Å². The molecule has 7 heteroatoms. The molecule has 3 rings (SSSR count). The molecule has 0 unspecified atom stereocenters. The van der Waals surface area contributed by atoms with Gasteiger partial charge in [-0.05, 0) is 30.2 Å². The summed E-state index contributed by atoms with van der Waals surface area (Å²) >= 11 is 0. The summed E-state index contributed by atoms with van der Waals surface area (Å²) < 4.78 is 1.33. The molecule has 1 N–H and O–H groups in total. The third-order valence-corrected chi connectivity index (χ3v) is 4.31. The van der Waals surface area contributed by atoms with Gasteiger partial charge in [0.25, 0.3) is 11.5 Å². The molecular formula is C21H23N5O2. The van der Waals surface area contributed by atoms with E-state index in [-0.39, 0.29) is 11.3 Å². The number of hydrazone groups is 1. The Morgan fingerprint density at radius 1 is 1.14 bits per heavy atom. The van der Waals surface area contributed by atoms with Crippen molar-refractivity contribution in [2.24, 2.45) is 5.10 Å². The van der Waals surface area contributed by atoms with Crippen LogP contribution in [-0.2, 0) is 6.54 Å². The lowest BCUT2D eigenvalue weighted by molar-refractivity contribution is 0.0949. The first kappa shape index (κ1) is 19.3. The molecule has 144 valence electrons. The summed E-state index contributed by atoms with van der Waals surface area (Å²) in [5, 5.41) is 9.28. The lowest BCUT2D eigenvalue weighted by atomic mass is 10.1. The van der Waals surface area contributed by atoms with E-state index >= 15 is 0 Å². The van der Waals surface area contributed by atoms with Crippen LogP contribution in [0.25, 0.3) is 10.8 Å². The predicted molar refractivity (Wildman–Crippen MR) is 112 cm³/mol. The highest BCUT2D eigenvalue weighted by Crippen LogP contribution is 2.14. The van der Waals surface area contributed by atoms with Gasteiger partial charge in [-0.2, -0.15) is 10.2 Å². The van der Waals surface area contributed by atoms with E-state index in [9.17, 15) is 9.59 Å². The monoisotopic (exact) mass is 377 g/mol. The highest BCUT2D eigenvalue weighted by Gasteiger charge is 2.15. The fraction of sp³-hybridized carbons (Fsp3) is 0.238. The molecule has 1 aromatic heterocycles. The third-order valence-electron chi connectivity index (χ3n) is 4.31. The van der Waals surface area contributed by atoms with E-state index < -0.39 is 5.91 Å². The quantitative estimate of drug-likeness (QED) is 0.529.